The van der Waals surface area contributed by atoms with E-state index >= 15 is 0 Å². The van der Waals surface area contributed by atoms with Crippen molar-refractivity contribution in [3.63, 3.8) is 0 Å². The number of rotatable bonds is 3. The van der Waals surface area contributed by atoms with E-state index in [1.165, 1.54) is 86.6 Å². The molecule has 59 heavy (non-hydrogen) atoms. The summed E-state index contributed by atoms with van der Waals surface area (Å²) in [4.78, 5) is 7.05. The molecule has 1 aliphatic heterocycles. The zero-order valence-corrected chi connectivity index (χ0v) is 33.6. The molecule has 0 amide bonds. The van der Waals surface area contributed by atoms with Crippen LogP contribution in [0.2, 0.25) is 0 Å². The molecule has 1 spiro atoms. The second-order valence-electron chi connectivity index (χ2n) is 16.3. The maximum absolute atomic E-state index is 5.68. The van der Waals surface area contributed by atoms with Crippen LogP contribution in [0.1, 0.15) is 52.3 Å². The first-order valence-corrected chi connectivity index (χ1v) is 21.4. The van der Waals surface area contributed by atoms with Gasteiger partial charge in [-0.25, -0.2) is 0 Å². The summed E-state index contributed by atoms with van der Waals surface area (Å²) in [6, 6.07) is 64.9. The lowest BCUT2D eigenvalue weighted by atomic mass is 9.70. The van der Waals surface area contributed by atoms with Crippen molar-refractivity contribution in [3.8, 4) is 21.6 Å². The van der Waals surface area contributed by atoms with Gasteiger partial charge < -0.3 is 0 Å². The van der Waals surface area contributed by atoms with Crippen molar-refractivity contribution in [2.45, 2.75) is 18.8 Å². The summed E-state index contributed by atoms with van der Waals surface area (Å²) in [7, 11) is 0. The van der Waals surface area contributed by atoms with E-state index in [0.717, 1.165) is 34.5 Å². The average Bonchev–Trinajstić information content (AvgIpc) is 3.92. The second-order valence-corrected chi connectivity index (χ2v) is 17.3. The van der Waals surface area contributed by atoms with Crippen molar-refractivity contribution in [1.29, 1.82) is 0 Å². The van der Waals surface area contributed by atoms with E-state index in [0.29, 0.717) is 0 Å². The molecule has 2 aliphatic carbocycles. The topological polar surface area (TPSA) is 12.4 Å². The summed E-state index contributed by atoms with van der Waals surface area (Å²) >= 11 is 1.93. The summed E-state index contributed by atoms with van der Waals surface area (Å²) in [5, 5.41) is 6.17. The number of hydrogen-bond acceptors (Lipinski definition) is 2. The Morgan fingerprint density at radius 1 is 0.559 bits per heavy atom. The average molecular weight is 770 g/mol. The number of fused-ring (bicyclic) bond motifs is 14. The fraction of sp³-hybridized carbons (Fsp3) is 0.0702. The van der Waals surface area contributed by atoms with Crippen molar-refractivity contribution >= 4 is 59.9 Å². The van der Waals surface area contributed by atoms with E-state index in [9.17, 15) is 0 Å². The number of aliphatic imine (C=N–C) groups is 1. The summed E-state index contributed by atoms with van der Waals surface area (Å²) in [5.41, 5.74) is 16.7. The van der Waals surface area contributed by atoms with Gasteiger partial charge in [0.05, 0.1) is 16.8 Å². The molecule has 2 heteroatoms. The van der Waals surface area contributed by atoms with Crippen LogP contribution < -0.4 is 0 Å². The van der Waals surface area contributed by atoms with Gasteiger partial charge in [0.25, 0.3) is 0 Å². The lowest BCUT2D eigenvalue weighted by Crippen LogP contribution is -2.25. The van der Waals surface area contributed by atoms with E-state index in [4.69, 9.17) is 11.6 Å². The van der Waals surface area contributed by atoms with Gasteiger partial charge in [-0.15, -0.1) is 11.3 Å². The third-order valence-electron chi connectivity index (χ3n) is 13.1. The summed E-state index contributed by atoms with van der Waals surface area (Å²) in [6.07, 6.45) is 5.48. The lowest BCUT2D eigenvalue weighted by molar-refractivity contribution is 0.793. The molecule has 1 unspecified atom stereocenters. The fourth-order valence-corrected chi connectivity index (χ4v) is 11.8. The van der Waals surface area contributed by atoms with Gasteiger partial charge in [0.2, 0.25) is 0 Å². The standard InChI is InChI=1S/C57H39NS/c1-35-29-31-40(36(2)33-52(45-24-13-17-37-15-3-5-19-41(37)45)58-55(35)46-25-14-18-38-16-4-6-20-42(38)46)39-30-32-51-48(34-39)56-54(47-23-9-12-28-53(47)59-56)57(51)49-26-10-7-21-43(49)44-22-8-11-27-50(44)57/h3-28,30-35H,2,29H2,1H3/b40-31-,52-33-,58-55?. The number of benzene rings is 8. The Kier molecular flexibility index (Phi) is 7.58. The minimum atomic E-state index is -0.392. The van der Waals surface area contributed by atoms with E-state index in [1.54, 1.807) is 0 Å². The molecule has 8 aromatic carbocycles. The zero-order chi connectivity index (χ0) is 39.2. The van der Waals surface area contributed by atoms with Gasteiger partial charge in [-0.1, -0.05) is 183 Å². The van der Waals surface area contributed by atoms with Crippen molar-refractivity contribution < 1.29 is 0 Å². The number of nitrogens with zero attached hydrogens (tertiary/aromatic N) is 1. The Bertz CT molecular complexity index is 3290. The number of hydrogen-bond donors (Lipinski definition) is 0. The van der Waals surface area contributed by atoms with Gasteiger partial charge in [-0.3, -0.25) is 4.99 Å². The fourth-order valence-electron chi connectivity index (χ4n) is 10.5. The Balaban J connectivity index is 1.08. The van der Waals surface area contributed by atoms with E-state index < -0.39 is 5.41 Å². The van der Waals surface area contributed by atoms with Crippen LogP contribution in [0.3, 0.4) is 0 Å². The molecule has 0 fully saturated rings. The highest BCUT2D eigenvalue weighted by molar-refractivity contribution is 7.22. The Hall–Kier alpha value is -6.87. The van der Waals surface area contributed by atoms with Crippen molar-refractivity contribution in [2.24, 2.45) is 10.9 Å². The maximum Gasteiger partial charge on any atom is 0.0740 e. The molecule has 1 atom stereocenters. The molecule has 0 N–H and O–H groups in total. The van der Waals surface area contributed by atoms with Crippen LogP contribution in [0.15, 0.2) is 205 Å². The highest BCUT2D eigenvalue weighted by atomic mass is 32.1. The highest BCUT2D eigenvalue weighted by Crippen LogP contribution is 2.66. The van der Waals surface area contributed by atoms with Gasteiger partial charge in [-0.2, -0.15) is 0 Å². The number of allylic oxidation sites excluding steroid dienone is 4. The maximum atomic E-state index is 5.68. The summed E-state index contributed by atoms with van der Waals surface area (Å²) in [6.45, 7) is 7.16. The van der Waals surface area contributed by atoms with Crippen LogP contribution in [0.25, 0.3) is 64.5 Å². The normalized spacial score (nSPS) is 18.2. The van der Waals surface area contributed by atoms with Gasteiger partial charge in [0.15, 0.2) is 0 Å². The smallest absolute Gasteiger partial charge is 0.0740 e. The highest BCUT2D eigenvalue weighted by Gasteiger charge is 2.53. The van der Waals surface area contributed by atoms with Crippen LogP contribution in [-0.4, -0.2) is 5.71 Å². The van der Waals surface area contributed by atoms with Crippen LogP contribution in [0.5, 0.6) is 0 Å². The first-order valence-electron chi connectivity index (χ1n) is 20.6. The monoisotopic (exact) mass is 769 g/mol. The van der Waals surface area contributed by atoms with E-state index in [1.807, 2.05) is 11.3 Å². The van der Waals surface area contributed by atoms with Gasteiger partial charge in [0, 0.05) is 26.6 Å². The van der Waals surface area contributed by atoms with Crippen LogP contribution in [-0.2, 0) is 5.41 Å². The SMILES string of the molecule is C=C1/C=C(/c2cccc3ccccc23)N=C(c2cccc3ccccc23)C(C)C/C=C/1c1ccc2c(c1)-c1sc3ccccc3c1C21c2ccccc2-c2ccccc21. The molecule has 2 heterocycles. The summed E-state index contributed by atoms with van der Waals surface area (Å²) in [5.74, 6) is 0.137. The van der Waals surface area contributed by atoms with Gasteiger partial charge in [0.1, 0.15) is 0 Å². The van der Waals surface area contributed by atoms with E-state index in [-0.39, 0.29) is 5.92 Å². The molecule has 9 aromatic rings. The predicted molar refractivity (Wildman–Crippen MR) is 251 cm³/mol. The minimum absolute atomic E-state index is 0.137. The molecule has 12 rings (SSSR count). The molecule has 0 radical (unpaired) electrons. The second kappa shape index (κ2) is 13.1. The first-order chi connectivity index (χ1) is 29.1. The largest absolute Gasteiger partial charge is 0.252 e. The van der Waals surface area contributed by atoms with Crippen molar-refractivity contribution in [3.05, 3.63) is 239 Å². The molecule has 3 aliphatic rings. The van der Waals surface area contributed by atoms with Crippen LogP contribution in [0, 0.1) is 5.92 Å². The predicted octanol–water partition coefficient (Wildman–Crippen LogP) is 15.1. The number of thiophene rings is 1. The zero-order valence-electron chi connectivity index (χ0n) is 32.7. The molecule has 1 nitrogen and oxygen atoms in total. The lowest BCUT2D eigenvalue weighted by Gasteiger charge is -2.30. The van der Waals surface area contributed by atoms with E-state index in [2.05, 4.69) is 195 Å². The van der Waals surface area contributed by atoms with Gasteiger partial charge in [-0.05, 0) is 107 Å². The molecule has 1 aromatic heterocycles. The summed E-state index contributed by atoms with van der Waals surface area (Å²) < 4.78 is 1.33. The van der Waals surface area contributed by atoms with Crippen molar-refractivity contribution in [1.82, 2.24) is 0 Å². The van der Waals surface area contributed by atoms with Crippen LogP contribution >= 0.6 is 11.3 Å². The van der Waals surface area contributed by atoms with Crippen LogP contribution in [0.4, 0.5) is 0 Å². The Morgan fingerprint density at radius 2 is 1.12 bits per heavy atom. The van der Waals surface area contributed by atoms with Crippen molar-refractivity contribution in [2.75, 3.05) is 0 Å². The Morgan fingerprint density at radius 3 is 1.85 bits per heavy atom. The quantitative estimate of drug-likeness (QED) is 0.170. The molecular formula is C57H39NS. The minimum Gasteiger partial charge on any atom is -0.252 e. The molecule has 0 bridgehead atoms. The first kappa shape index (κ1) is 34.2. The third kappa shape index (κ3) is 4.94. The molecule has 0 saturated heterocycles. The molecular weight excluding hydrogens is 731 g/mol. The molecule has 278 valence electrons. The Labute approximate surface area is 348 Å². The third-order valence-corrected chi connectivity index (χ3v) is 14.3. The molecule has 0 saturated carbocycles. The van der Waals surface area contributed by atoms with Gasteiger partial charge >= 0.3 is 0 Å².